The molecule has 1 heterocycles. The number of aryl methyl sites for hydroxylation is 1. The lowest BCUT2D eigenvalue weighted by molar-refractivity contribution is -0.123. The van der Waals surface area contributed by atoms with Crippen molar-refractivity contribution in [3.8, 4) is 16.2 Å². The van der Waals surface area contributed by atoms with Gasteiger partial charge in [-0.1, -0.05) is 24.3 Å². The Labute approximate surface area is 265 Å². The first-order valence-electron chi connectivity index (χ1n) is 16.3. The summed E-state index contributed by atoms with van der Waals surface area (Å²) in [5.74, 6) is 2.76. The van der Waals surface area contributed by atoms with Crippen molar-refractivity contribution < 1.29 is 19.1 Å². The molecule has 0 unspecified atom stereocenters. The number of carbonyl (C=O) groups is 2. The van der Waals surface area contributed by atoms with Gasteiger partial charge in [-0.05, 0) is 118 Å². The van der Waals surface area contributed by atoms with Crippen LogP contribution >= 0.6 is 11.3 Å². The molecule has 3 aliphatic carbocycles. The number of rotatable bonds is 9. The zero-order chi connectivity index (χ0) is 30.6. The fraction of sp³-hybridized carbons (Fsp3) is 0.528. The molecule has 0 bridgehead atoms. The fourth-order valence-corrected chi connectivity index (χ4v) is 8.20. The molecule has 44 heavy (non-hydrogen) atoms. The van der Waals surface area contributed by atoms with E-state index in [0.29, 0.717) is 17.8 Å². The zero-order valence-corrected chi connectivity index (χ0v) is 27.0. The molecule has 2 amide bonds. The number of aromatic nitrogens is 1. The summed E-state index contributed by atoms with van der Waals surface area (Å²) in [5, 5.41) is 4.16. The van der Waals surface area contributed by atoms with Crippen LogP contribution in [0.4, 0.5) is 10.5 Å². The average molecular weight is 616 g/mol. The van der Waals surface area contributed by atoms with Crippen molar-refractivity contribution in [3.05, 3.63) is 64.8 Å². The Morgan fingerprint density at radius 1 is 0.932 bits per heavy atom. The first kappa shape index (κ1) is 30.6. The number of amides is 2. The highest BCUT2D eigenvalue weighted by molar-refractivity contribution is 7.15. The smallest absolute Gasteiger partial charge is 0.407 e. The molecule has 0 saturated heterocycles. The number of nitrogens with one attached hydrogen (secondary N) is 1. The van der Waals surface area contributed by atoms with Crippen LogP contribution in [0.1, 0.15) is 92.2 Å². The molecule has 3 aromatic rings. The topological polar surface area (TPSA) is 80.8 Å². The van der Waals surface area contributed by atoms with Gasteiger partial charge in [0.15, 0.2) is 0 Å². The van der Waals surface area contributed by atoms with Crippen LogP contribution in [0, 0.1) is 18.8 Å². The summed E-state index contributed by atoms with van der Waals surface area (Å²) < 4.78 is 10.3. The first-order chi connectivity index (χ1) is 21.4. The molecule has 7 nitrogen and oxygen atoms in total. The van der Waals surface area contributed by atoms with Gasteiger partial charge >= 0.3 is 6.09 Å². The van der Waals surface area contributed by atoms with Gasteiger partial charge in [-0.2, -0.15) is 0 Å². The number of benzene rings is 2. The molecule has 0 atom stereocenters. The third kappa shape index (κ3) is 7.12. The lowest BCUT2D eigenvalue weighted by Gasteiger charge is -2.36. The molecule has 0 radical (unpaired) electrons. The van der Waals surface area contributed by atoms with Gasteiger partial charge in [-0.3, -0.25) is 4.79 Å². The van der Waals surface area contributed by atoms with Crippen LogP contribution in [0.15, 0.2) is 48.7 Å². The number of hydrogen-bond donors (Lipinski definition) is 1. The number of nitrogens with zero attached hydrogens (tertiary/aromatic N) is 2. The number of methoxy groups -OCH3 is 2. The van der Waals surface area contributed by atoms with E-state index in [1.807, 2.05) is 6.20 Å². The minimum atomic E-state index is -0.397. The molecule has 6 rings (SSSR count). The summed E-state index contributed by atoms with van der Waals surface area (Å²) in [7, 11) is 3.12. The number of thiazole rings is 1. The molecule has 1 N–H and O–H groups in total. The van der Waals surface area contributed by atoms with Crippen LogP contribution < -0.4 is 15.0 Å². The van der Waals surface area contributed by atoms with E-state index < -0.39 is 6.09 Å². The van der Waals surface area contributed by atoms with E-state index in [2.05, 4.69) is 59.6 Å². The number of alkyl carbamates (subject to hydrolysis) is 1. The van der Waals surface area contributed by atoms with E-state index in [9.17, 15) is 9.59 Å². The molecule has 0 aliphatic heterocycles. The minimum absolute atomic E-state index is 0.0437. The van der Waals surface area contributed by atoms with Crippen molar-refractivity contribution in [2.45, 2.75) is 89.0 Å². The lowest BCUT2D eigenvalue weighted by Crippen LogP contribution is -2.44. The predicted octanol–water partition coefficient (Wildman–Crippen LogP) is 8.23. The Morgan fingerprint density at radius 2 is 1.68 bits per heavy atom. The summed E-state index contributed by atoms with van der Waals surface area (Å²) in [6.45, 7) is 2.86. The first-order valence-corrected chi connectivity index (χ1v) is 17.1. The minimum Gasteiger partial charge on any atom is -0.496 e. The van der Waals surface area contributed by atoms with E-state index in [-0.39, 0.29) is 17.9 Å². The van der Waals surface area contributed by atoms with Gasteiger partial charge in [-0.25, -0.2) is 9.78 Å². The number of carbonyl (C=O) groups excluding carboxylic acids is 2. The van der Waals surface area contributed by atoms with Gasteiger partial charge in [0.05, 0.1) is 24.1 Å². The summed E-state index contributed by atoms with van der Waals surface area (Å²) in [4.78, 5) is 34.0. The molecule has 8 heteroatoms. The van der Waals surface area contributed by atoms with Crippen molar-refractivity contribution in [3.63, 3.8) is 0 Å². The standard InChI is InChI=1S/C36H45N3O4S/c1-23-19-28(15-18-32(23)42-2)25-9-7-24(8-10-25)22-39(35(40)27-13-16-30(17-14-27)38-36(41)43-3)31-6-4-5-29(20-31)33-21-37-34(44-33)26-11-12-26/h4-6,15,18-21,24-27,30H,7-14,16-17,22H2,1-3H3,(H,38,41)/t24-,25-,27-,30-. The third-order valence-electron chi connectivity index (χ3n) is 9.92. The lowest BCUT2D eigenvalue weighted by atomic mass is 9.78. The van der Waals surface area contributed by atoms with Crippen LogP contribution in [0.3, 0.4) is 0 Å². The molecule has 3 aliphatic rings. The van der Waals surface area contributed by atoms with Crippen molar-refractivity contribution in [2.24, 2.45) is 11.8 Å². The van der Waals surface area contributed by atoms with Crippen LogP contribution in [-0.2, 0) is 9.53 Å². The highest BCUT2D eigenvalue weighted by atomic mass is 32.1. The monoisotopic (exact) mass is 615 g/mol. The molecule has 3 fully saturated rings. The summed E-state index contributed by atoms with van der Waals surface area (Å²) >= 11 is 1.79. The van der Waals surface area contributed by atoms with Crippen LogP contribution in [0.2, 0.25) is 0 Å². The maximum Gasteiger partial charge on any atom is 0.407 e. The third-order valence-corrected chi connectivity index (χ3v) is 11.1. The van der Waals surface area contributed by atoms with Gasteiger partial charge in [-0.15, -0.1) is 11.3 Å². The Morgan fingerprint density at radius 3 is 2.36 bits per heavy atom. The summed E-state index contributed by atoms with van der Waals surface area (Å²) in [6, 6.07) is 15.2. The van der Waals surface area contributed by atoms with Crippen molar-refractivity contribution >= 4 is 29.0 Å². The highest BCUT2D eigenvalue weighted by Crippen LogP contribution is 2.44. The van der Waals surface area contributed by atoms with Gasteiger partial charge in [0.1, 0.15) is 5.75 Å². The summed E-state index contributed by atoms with van der Waals surface area (Å²) in [6.07, 6.45) is 11.7. The second-order valence-corrected chi connectivity index (χ2v) is 14.0. The Hall–Kier alpha value is -3.39. The van der Waals surface area contributed by atoms with Gasteiger partial charge in [0.25, 0.3) is 0 Å². The van der Waals surface area contributed by atoms with E-state index >= 15 is 0 Å². The average Bonchev–Trinajstić information content (AvgIpc) is 3.79. The molecule has 0 spiro atoms. The zero-order valence-electron chi connectivity index (χ0n) is 26.2. The number of anilines is 1. The van der Waals surface area contributed by atoms with Crippen molar-refractivity contribution in [1.29, 1.82) is 0 Å². The molecule has 234 valence electrons. The predicted molar refractivity (Wildman–Crippen MR) is 176 cm³/mol. The molecule has 1 aromatic heterocycles. The Kier molecular flexibility index (Phi) is 9.55. The van der Waals surface area contributed by atoms with Gasteiger partial charge < -0.3 is 19.7 Å². The quantitative estimate of drug-likeness (QED) is 0.262. The largest absolute Gasteiger partial charge is 0.496 e. The molecular weight excluding hydrogens is 570 g/mol. The SMILES string of the molecule is COC(=O)N[C@H]1CC[C@H](C(=O)N(C[C@H]2CC[C@H](c3ccc(OC)c(C)c3)CC2)c2cccc(-c3cnc(C4CC4)s3)c2)CC1. The van der Waals surface area contributed by atoms with E-state index in [4.69, 9.17) is 14.5 Å². The summed E-state index contributed by atoms with van der Waals surface area (Å²) in [5.41, 5.74) is 4.70. The maximum absolute atomic E-state index is 14.3. The fourth-order valence-electron chi connectivity index (χ4n) is 7.11. The van der Waals surface area contributed by atoms with Gasteiger partial charge in [0, 0.05) is 36.3 Å². The Balaban J connectivity index is 1.17. The van der Waals surface area contributed by atoms with Crippen molar-refractivity contribution in [1.82, 2.24) is 10.3 Å². The normalized spacial score (nSPS) is 23.5. The van der Waals surface area contributed by atoms with Gasteiger partial charge in [0.2, 0.25) is 5.91 Å². The van der Waals surface area contributed by atoms with Crippen molar-refractivity contribution in [2.75, 3.05) is 25.7 Å². The second kappa shape index (κ2) is 13.7. The maximum atomic E-state index is 14.3. The highest BCUT2D eigenvalue weighted by Gasteiger charge is 2.33. The van der Waals surface area contributed by atoms with Crippen LogP contribution in [0.25, 0.3) is 10.4 Å². The Bertz CT molecular complexity index is 1450. The molecule has 2 aromatic carbocycles. The van der Waals surface area contributed by atoms with E-state index in [1.54, 1.807) is 18.4 Å². The number of ether oxygens (including phenoxy) is 2. The molecule has 3 saturated carbocycles. The molecular formula is C36H45N3O4S. The van der Waals surface area contributed by atoms with E-state index in [1.165, 1.54) is 41.0 Å². The van der Waals surface area contributed by atoms with Crippen LogP contribution in [0.5, 0.6) is 5.75 Å². The number of hydrogen-bond acceptors (Lipinski definition) is 6. The van der Waals surface area contributed by atoms with Crippen LogP contribution in [-0.4, -0.2) is 43.8 Å². The van der Waals surface area contributed by atoms with E-state index in [0.717, 1.165) is 74.9 Å². The second-order valence-electron chi connectivity index (χ2n) is 13.0.